The maximum atomic E-state index is 13.0. The Hall–Kier alpha value is -3.87. The number of amides is 3. The van der Waals surface area contributed by atoms with Gasteiger partial charge in [-0.2, -0.15) is 0 Å². The molecule has 1 aliphatic rings. The lowest BCUT2D eigenvalue weighted by atomic mass is 9.96. The molecule has 4 rings (SSSR count). The maximum Gasteiger partial charge on any atom is 0.321 e. The van der Waals surface area contributed by atoms with Crippen LogP contribution in [0.15, 0.2) is 73.1 Å². The number of carbonyl (C=O) groups excluding carboxylic acids is 2. The lowest BCUT2D eigenvalue weighted by Gasteiger charge is -2.32. The van der Waals surface area contributed by atoms with Crippen molar-refractivity contribution >= 4 is 17.6 Å². The van der Waals surface area contributed by atoms with Gasteiger partial charge in [-0.15, -0.1) is 0 Å². The van der Waals surface area contributed by atoms with Crippen molar-refractivity contribution in [1.29, 1.82) is 0 Å². The van der Waals surface area contributed by atoms with Crippen molar-refractivity contribution in [3.05, 3.63) is 89.7 Å². The molecule has 3 aromatic rings. The van der Waals surface area contributed by atoms with E-state index in [4.69, 9.17) is 4.74 Å². The van der Waals surface area contributed by atoms with Crippen molar-refractivity contribution in [2.45, 2.75) is 39.3 Å². The molecule has 2 heterocycles. The standard InChI is InChI=1S/C28H32N4O3/c1-20-6-3-9-25(16-20)31-28(34)32-15-5-8-24(18-32)27(33)30-21(2)23-10-12-26(13-11-23)35-19-22-7-4-14-29-17-22/h3-4,6-7,9-14,16-17,21,24H,5,8,15,18-19H2,1-2H3,(H,30,33)(H,31,34). The highest BCUT2D eigenvalue weighted by Gasteiger charge is 2.29. The summed E-state index contributed by atoms with van der Waals surface area (Å²) >= 11 is 0. The van der Waals surface area contributed by atoms with Crippen LogP contribution < -0.4 is 15.4 Å². The predicted molar refractivity (Wildman–Crippen MR) is 136 cm³/mol. The third-order valence-corrected chi connectivity index (χ3v) is 6.22. The van der Waals surface area contributed by atoms with Crippen molar-refractivity contribution in [2.75, 3.05) is 18.4 Å². The van der Waals surface area contributed by atoms with E-state index in [-0.39, 0.29) is 23.9 Å². The van der Waals surface area contributed by atoms with Gasteiger partial charge in [0.05, 0.1) is 12.0 Å². The molecule has 1 aromatic heterocycles. The highest BCUT2D eigenvalue weighted by molar-refractivity contribution is 5.90. The summed E-state index contributed by atoms with van der Waals surface area (Å²) in [5.41, 5.74) is 3.85. The monoisotopic (exact) mass is 472 g/mol. The first-order valence-electron chi connectivity index (χ1n) is 12.0. The van der Waals surface area contributed by atoms with Gasteiger partial charge in [0, 0.05) is 36.7 Å². The van der Waals surface area contributed by atoms with Gasteiger partial charge < -0.3 is 20.3 Å². The zero-order valence-corrected chi connectivity index (χ0v) is 20.2. The molecule has 3 amide bonds. The van der Waals surface area contributed by atoms with E-state index in [1.165, 1.54) is 0 Å². The fraction of sp³-hybridized carbons (Fsp3) is 0.321. The van der Waals surface area contributed by atoms with Gasteiger partial charge in [-0.25, -0.2) is 4.79 Å². The highest BCUT2D eigenvalue weighted by atomic mass is 16.5. The van der Waals surface area contributed by atoms with Gasteiger partial charge >= 0.3 is 6.03 Å². The van der Waals surface area contributed by atoms with Crippen LogP contribution in [0.3, 0.4) is 0 Å². The van der Waals surface area contributed by atoms with Gasteiger partial charge in [-0.05, 0) is 68.1 Å². The second-order valence-electron chi connectivity index (χ2n) is 9.03. The molecule has 0 spiro atoms. The Morgan fingerprint density at radius 1 is 1.14 bits per heavy atom. The zero-order chi connectivity index (χ0) is 24.6. The molecular weight excluding hydrogens is 440 g/mol. The van der Waals surface area contributed by atoms with E-state index in [0.717, 1.165) is 41.0 Å². The summed E-state index contributed by atoms with van der Waals surface area (Å²) in [4.78, 5) is 31.5. The van der Waals surface area contributed by atoms with Crippen molar-refractivity contribution in [3.8, 4) is 5.75 Å². The summed E-state index contributed by atoms with van der Waals surface area (Å²) in [6.45, 7) is 5.47. The maximum absolute atomic E-state index is 13.0. The van der Waals surface area contributed by atoms with Gasteiger partial charge in [-0.3, -0.25) is 9.78 Å². The number of anilines is 1. The number of aromatic nitrogens is 1. The Balaban J connectivity index is 1.27. The lowest BCUT2D eigenvalue weighted by molar-refractivity contribution is -0.126. The quantitative estimate of drug-likeness (QED) is 0.502. The molecule has 2 aromatic carbocycles. The molecule has 0 aliphatic carbocycles. The Morgan fingerprint density at radius 3 is 2.71 bits per heavy atom. The van der Waals surface area contributed by atoms with E-state index in [0.29, 0.717) is 19.7 Å². The number of aryl methyl sites for hydroxylation is 1. The summed E-state index contributed by atoms with van der Waals surface area (Å²) in [5, 5.41) is 6.06. The number of hydrogen-bond donors (Lipinski definition) is 2. The summed E-state index contributed by atoms with van der Waals surface area (Å²) < 4.78 is 5.82. The van der Waals surface area contributed by atoms with Crippen LogP contribution in [0.1, 0.15) is 42.5 Å². The topological polar surface area (TPSA) is 83.6 Å². The molecule has 7 nitrogen and oxygen atoms in total. The van der Waals surface area contributed by atoms with Crippen molar-refractivity contribution in [1.82, 2.24) is 15.2 Å². The van der Waals surface area contributed by atoms with Crippen LogP contribution in [0, 0.1) is 12.8 Å². The van der Waals surface area contributed by atoms with E-state index < -0.39 is 0 Å². The van der Waals surface area contributed by atoms with Crippen LogP contribution in [0.5, 0.6) is 5.75 Å². The van der Waals surface area contributed by atoms with Crippen LogP contribution in [0.4, 0.5) is 10.5 Å². The number of ether oxygens (including phenoxy) is 1. The van der Waals surface area contributed by atoms with Crippen molar-refractivity contribution in [2.24, 2.45) is 5.92 Å². The van der Waals surface area contributed by atoms with Gasteiger partial charge in [0.1, 0.15) is 12.4 Å². The number of pyridine rings is 1. The average Bonchev–Trinajstić information content (AvgIpc) is 2.88. The van der Waals surface area contributed by atoms with E-state index in [1.54, 1.807) is 17.3 Å². The molecule has 0 bridgehead atoms. The number of benzene rings is 2. The van der Waals surface area contributed by atoms with Crippen LogP contribution in [0.25, 0.3) is 0 Å². The summed E-state index contributed by atoms with van der Waals surface area (Å²) in [6, 6.07) is 19.0. The van der Waals surface area contributed by atoms with Gasteiger partial charge in [0.2, 0.25) is 5.91 Å². The number of nitrogens with zero attached hydrogens (tertiary/aromatic N) is 2. The molecular formula is C28H32N4O3. The van der Waals surface area contributed by atoms with Gasteiger partial charge in [-0.1, -0.05) is 30.3 Å². The minimum Gasteiger partial charge on any atom is -0.489 e. The molecule has 182 valence electrons. The van der Waals surface area contributed by atoms with Crippen molar-refractivity contribution < 1.29 is 14.3 Å². The average molecular weight is 473 g/mol. The second kappa shape index (κ2) is 11.5. The van der Waals surface area contributed by atoms with E-state index in [9.17, 15) is 9.59 Å². The van der Waals surface area contributed by atoms with Gasteiger partial charge in [0.15, 0.2) is 0 Å². The van der Waals surface area contributed by atoms with E-state index >= 15 is 0 Å². The van der Waals surface area contributed by atoms with Crippen LogP contribution in [0.2, 0.25) is 0 Å². The summed E-state index contributed by atoms with van der Waals surface area (Å²) in [5.74, 6) is 0.512. The number of likely N-dealkylation sites (tertiary alicyclic amines) is 1. The van der Waals surface area contributed by atoms with Crippen LogP contribution >= 0.6 is 0 Å². The Morgan fingerprint density at radius 2 is 1.97 bits per heavy atom. The number of carbonyl (C=O) groups is 2. The third-order valence-electron chi connectivity index (χ3n) is 6.22. The third kappa shape index (κ3) is 6.82. The molecule has 2 unspecified atom stereocenters. The normalized spacial score (nSPS) is 16.3. The predicted octanol–water partition coefficient (Wildman–Crippen LogP) is 5.09. The minimum absolute atomic E-state index is 0.0255. The number of rotatable bonds is 7. The van der Waals surface area contributed by atoms with Crippen LogP contribution in [-0.4, -0.2) is 34.9 Å². The van der Waals surface area contributed by atoms with Crippen LogP contribution in [-0.2, 0) is 11.4 Å². The number of urea groups is 1. The Bertz CT molecular complexity index is 1130. The molecule has 2 N–H and O–H groups in total. The molecule has 7 heteroatoms. The van der Waals surface area contributed by atoms with Crippen molar-refractivity contribution in [3.63, 3.8) is 0 Å². The summed E-state index contributed by atoms with van der Waals surface area (Å²) in [6.07, 6.45) is 5.09. The fourth-order valence-electron chi connectivity index (χ4n) is 4.22. The highest BCUT2D eigenvalue weighted by Crippen LogP contribution is 2.22. The smallest absolute Gasteiger partial charge is 0.321 e. The zero-order valence-electron chi connectivity index (χ0n) is 20.2. The molecule has 1 fully saturated rings. The lowest BCUT2D eigenvalue weighted by Crippen LogP contribution is -2.47. The second-order valence-corrected chi connectivity index (χ2v) is 9.03. The SMILES string of the molecule is Cc1cccc(NC(=O)N2CCCC(C(=O)NC(C)c3ccc(OCc4cccnc4)cc3)C2)c1. The van der Waals surface area contributed by atoms with E-state index in [2.05, 4.69) is 15.6 Å². The molecule has 35 heavy (non-hydrogen) atoms. The number of nitrogens with one attached hydrogen (secondary N) is 2. The Kier molecular flexibility index (Phi) is 7.98. The molecule has 2 atom stereocenters. The molecule has 0 saturated carbocycles. The minimum atomic E-state index is -0.225. The number of piperidine rings is 1. The molecule has 0 radical (unpaired) electrons. The first-order chi connectivity index (χ1) is 17.0. The fourth-order valence-corrected chi connectivity index (χ4v) is 4.22. The summed E-state index contributed by atoms with van der Waals surface area (Å²) in [7, 11) is 0. The first kappa shape index (κ1) is 24.3. The van der Waals surface area contributed by atoms with E-state index in [1.807, 2.05) is 74.5 Å². The van der Waals surface area contributed by atoms with Gasteiger partial charge in [0.25, 0.3) is 0 Å². The first-order valence-corrected chi connectivity index (χ1v) is 12.0. The molecule has 1 aliphatic heterocycles. The Labute approximate surface area is 206 Å². The number of hydrogen-bond acceptors (Lipinski definition) is 4. The molecule has 1 saturated heterocycles. The largest absolute Gasteiger partial charge is 0.489 e.